The highest BCUT2D eigenvalue weighted by molar-refractivity contribution is 6.35. The number of aromatic nitrogens is 2. The highest BCUT2D eigenvalue weighted by Crippen LogP contribution is 2.34. The third-order valence-electron chi connectivity index (χ3n) is 3.87. The van der Waals surface area contributed by atoms with Crippen molar-refractivity contribution in [3.63, 3.8) is 0 Å². The lowest BCUT2D eigenvalue weighted by molar-refractivity contribution is -0.110. The summed E-state index contributed by atoms with van der Waals surface area (Å²) in [5.41, 5.74) is 3.47. The molecule has 0 saturated carbocycles. The summed E-state index contributed by atoms with van der Waals surface area (Å²) in [7, 11) is 0. The summed E-state index contributed by atoms with van der Waals surface area (Å²) in [6.07, 6.45) is 3.21. The number of carbonyl (C=O) groups excluding carboxylic acids is 1. The number of anilines is 1. The van der Waals surface area contributed by atoms with Crippen LogP contribution >= 0.6 is 0 Å². The number of hydrogen-bond donors (Lipinski definition) is 2. The van der Waals surface area contributed by atoms with E-state index >= 15 is 0 Å². The van der Waals surface area contributed by atoms with Crippen LogP contribution in [0.4, 0.5) is 14.5 Å². The molecule has 2 heterocycles. The highest BCUT2D eigenvalue weighted by atomic mass is 19.1. The summed E-state index contributed by atoms with van der Waals surface area (Å²) in [6, 6.07) is 10.1. The summed E-state index contributed by atoms with van der Waals surface area (Å²) in [4.78, 5) is 12.2. The third-order valence-corrected chi connectivity index (χ3v) is 3.87. The van der Waals surface area contributed by atoms with Crippen molar-refractivity contribution in [2.24, 2.45) is 0 Å². The van der Waals surface area contributed by atoms with E-state index in [-0.39, 0.29) is 11.7 Å². The van der Waals surface area contributed by atoms with Gasteiger partial charge >= 0.3 is 0 Å². The third kappa shape index (κ3) is 2.38. The lowest BCUT2D eigenvalue weighted by Gasteiger charge is -2.02. The van der Waals surface area contributed by atoms with Crippen LogP contribution in [0.3, 0.4) is 0 Å². The Kier molecular flexibility index (Phi) is 3.23. The molecule has 0 saturated heterocycles. The number of amides is 1. The molecule has 1 aliphatic heterocycles. The molecule has 24 heavy (non-hydrogen) atoms. The van der Waals surface area contributed by atoms with Crippen molar-refractivity contribution < 1.29 is 13.6 Å². The minimum atomic E-state index is -0.415. The summed E-state index contributed by atoms with van der Waals surface area (Å²) >= 11 is 0. The van der Waals surface area contributed by atoms with Gasteiger partial charge in [0, 0.05) is 28.0 Å². The predicted octanol–water partition coefficient (Wildman–Crippen LogP) is 3.85. The first kappa shape index (κ1) is 14.3. The van der Waals surface area contributed by atoms with Gasteiger partial charge in [0.1, 0.15) is 11.6 Å². The fourth-order valence-corrected chi connectivity index (χ4v) is 2.71. The topological polar surface area (TPSA) is 57.8 Å². The molecule has 2 aromatic carbocycles. The van der Waals surface area contributed by atoms with Crippen LogP contribution in [0.25, 0.3) is 22.9 Å². The Morgan fingerprint density at radius 3 is 2.54 bits per heavy atom. The zero-order chi connectivity index (χ0) is 16.7. The Labute approximate surface area is 135 Å². The fourth-order valence-electron chi connectivity index (χ4n) is 2.71. The summed E-state index contributed by atoms with van der Waals surface area (Å²) in [5, 5.41) is 9.54. The van der Waals surface area contributed by atoms with Gasteiger partial charge in [0.2, 0.25) is 0 Å². The van der Waals surface area contributed by atoms with E-state index in [1.165, 1.54) is 30.3 Å². The van der Waals surface area contributed by atoms with Gasteiger partial charge in [0.05, 0.1) is 11.9 Å². The number of nitrogens with one attached hydrogen (secondary N) is 2. The van der Waals surface area contributed by atoms with Gasteiger partial charge < -0.3 is 5.32 Å². The number of rotatable bonds is 2. The first-order valence-electron chi connectivity index (χ1n) is 7.24. The van der Waals surface area contributed by atoms with Gasteiger partial charge in [0.25, 0.3) is 5.91 Å². The van der Waals surface area contributed by atoms with E-state index in [1.54, 1.807) is 24.4 Å². The Balaban J connectivity index is 1.81. The van der Waals surface area contributed by atoms with Crippen molar-refractivity contribution in [3.05, 3.63) is 71.4 Å². The zero-order valence-corrected chi connectivity index (χ0v) is 12.3. The van der Waals surface area contributed by atoms with Crippen molar-refractivity contribution in [2.45, 2.75) is 0 Å². The van der Waals surface area contributed by atoms with Gasteiger partial charge in [0.15, 0.2) is 0 Å². The molecule has 0 bridgehead atoms. The van der Waals surface area contributed by atoms with Crippen molar-refractivity contribution in [3.8, 4) is 11.3 Å². The second kappa shape index (κ2) is 5.42. The number of hydrogen-bond acceptors (Lipinski definition) is 2. The van der Waals surface area contributed by atoms with Crippen molar-refractivity contribution in [1.29, 1.82) is 0 Å². The lowest BCUT2D eigenvalue weighted by Crippen LogP contribution is -2.03. The lowest BCUT2D eigenvalue weighted by atomic mass is 10.0. The summed E-state index contributed by atoms with van der Waals surface area (Å²) in [6.45, 7) is 0. The second-order valence-electron chi connectivity index (χ2n) is 5.41. The standard InChI is InChI=1S/C18H11F2N3O/c19-12-3-1-10(2-4-12)17-11(9-21-23-17)7-15-14-8-13(20)5-6-16(14)22-18(15)24/h1-9H,(H,21,23)(H,22,24)/b15-7-. The predicted molar refractivity (Wildman–Crippen MR) is 86.9 cm³/mol. The number of halogens is 2. The molecule has 0 radical (unpaired) electrons. The van der Waals surface area contributed by atoms with E-state index < -0.39 is 5.82 Å². The Morgan fingerprint density at radius 2 is 1.75 bits per heavy atom. The molecule has 1 amide bonds. The van der Waals surface area contributed by atoms with E-state index in [0.29, 0.717) is 28.1 Å². The van der Waals surface area contributed by atoms with E-state index in [9.17, 15) is 13.6 Å². The molecular weight excluding hydrogens is 312 g/mol. The molecule has 0 fully saturated rings. The van der Waals surface area contributed by atoms with Crippen LogP contribution in [0.2, 0.25) is 0 Å². The molecule has 3 aromatic rings. The normalized spacial score (nSPS) is 14.8. The van der Waals surface area contributed by atoms with Gasteiger partial charge in [-0.3, -0.25) is 9.89 Å². The number of aromatic amines is 1. The molecular formula is C18H11F2N3O. The monoisotopic (exact) mass is 323 g/mol. The van der Waals surface area contributed by atoms with Crippen molar-refractivity contribution in [1.82, 2.24) is 10.2 Å². The number of H-pyrrole nitrogens is 1. The van der Waals surface area contributed by atoms with Crippen LogP contribution in [-0.2, 0) is 4.79 Å². The van der Waals surface area contributed by atoms with Crippen LogP contribution in [-0.4, -0.2) is 16.1 Å². The van der Waals surface area contributed by atoms with Crippen LogP contribution < -0.4 is 5.32 Å². The number of nitrogens with zero attached hydrogens (tertiary/aromatic N) is 1. The van der Waals surface area contributed by atoms with Gasteiger partial charge in [-0.1, -0.05) is 0 Å². The molecule has 118 valence electrons. The maximum absolute atomic E-state index is 13.5. The molecule has 2 N–H and O–H groups in total. The van der Waals surface area contributed by atoms with E-state index in [0.717, 1.165) is 5.56 Å². The maximum Gasteiger partial charge on any atom is 0.256 e. The smallest absolute Gasteiger partial charge is 0.256 e. The fraction of sp³-hybridized carbons (Fsp3) is 0. The maximum atomic E-state index is 13.5. The SMILES string of the molecule is O=C1Nc2ccc(F)cc2/C1=C/c1cn[nH]c1-c1ccc(F)cc1. The number of fused-ring (bicyclic) bond motifs is 1. The molecule has 0 spiro atoms. The number of benzene rings is 2. The van der Waals surface area contributed by atoms with Crippen LogP contribution in [0.15, 0.2) is 48.7 Å². The van der Waals surface area contributed by atoms with E-state index in [1.807, 2.05) is 0 Å². The van der Waals surface area contributed by atoms with Crippen LogP contribution in [0, 0.1) is 11.6 Å². The average molecular weight is 323 g/mol. The van der Waals surface area contributed by atoms with Crippen molar-refractivity contribution in [2.75, 3.05) is 5.32 Å². The van der Waals surface area contributed by atoms with Crippen LogP contribution in [0.1, 0.15) is 11.1 Å². The molecule has 4 nitrogen and oxygen atoms in total. The molecule has 0 aliphatic carbocycles. The first-order valence-corrected chi connectivity index (χ1v) is 7.24. The van der Waals surface area contributed by atoms with E-state index in [2.05, 4.69) is 15.5 Å². The summed E-state index contributed by atoms with van der Waals surface area (Å²) in [5.74, 6) is -1.05. The minimum Gasteiger partial charge on any atom is -0.321 e. The van der Waals surface area contributed by atoms with Gasteiger partial charge in [-0.2, -0.15) is 5.10 Å². The molecule has 1 aromatic heterocycles. The second-order valence-corrected chi connectivity index (χ2v) is 5.41. The van der Waals surface area contributed by atoms with Crippen LogP contribution in [0.5, 0.6) is 0 Å². The first-order chi connectivity index (χ1) is 11.6. The molecule has 4 rings (SSSR count). The van der Waals surface area contributed by atoms with Gasteiger partial charge in [-0.15, -0.1) is 0 Å². The molecule has 1 aliphatic rings. The average Bonchev–Trinajstić information content (AvgIpc) is 3.14. The van der Waals surface area contributed by atoms with E-state index in [4.69, 9.17) is 0 Å². The molecule has 0 atom stereocenters. The quantitative estimate of drug-likeness (QED) is 0.704. The minimum absolute atomic E-state index is 0.304. The highest BCUT2D eigenvalue weighted by Gasteiger charge is 2.25. The largest absolute Gasteiger partial charge is 0.321 e. The zero-order valence-electron chi connectivity index (χ0n) is 12.3. The Bertz CT molecular complexity index is 974. The van der Waals surface area contributed by atoms with Gasteiger partial charge in [-0.05, 0) is 48.5 Å². The molecule has 0 unspecified atom stereocenters. The Hall–Kier alpha value is -3.28. The molecule has 6 heteroatoms. The number of carbonyl (C=O) groups is 1. The summed E-state index contributed by atoms with van der Waals surface area (Å²) < 4.78 is 26.6. The van der Waals surface area contributed by atoms with Crippen molar-refractivity contribution >= 4 is 23.2 Å². The Morgan fingerprint density at radius 1 is 1.00 bits per heavy atom. The van der Waals surface area contributed by atoms with Gasteiger partial charge in [-0.25, -0.2) is 8.78 Å².